The van der Waals surface area contributed by atoms with Crippen molar-refractivity contribution in [3.8, 4) is 11.1 Å². The van der Waals surface area contributed by atoms with Gasteiger partial charge in [0, 0.05) is 11.3 Å². The van der Waals surface area contributed by atoms with Gasteiger partial charge in [-0.05, 0) is 23.8 Å². The van der Waals surface area contributed by atoms with Crippen LogP contribution in [0.2, 0.25) is 0 Å². The zero-order valence-electron chi connectivity index (χ0n) is 13.8. The molecule has 0 fully saturated rings. The maximum Gasteiger partial charge on any atom is 0.341 e. The second-order valence-electron chi connectivity index (χ2n) is 5.52. The summed E-state index contributed by atoms with van der Waals surface area (Å²) in [7, 11) is 0. The van der Waals surface area contributed by atoms with Gasteiger partial charge in [0.15, 0.2) is 6.61 Å². The van der Waals surface area contributed by atoms with Crippen LogP contribution in [0.1, 0.15) is 10.4 Å². The van der Waals surface area contributed by atoms with E-state index < -0.39 is 24.3 Å². The van der Waals surface area contributed by atoms with E-state index in [1.165, 1.54) is 18.2 Å². The van der Waals surface area contributed by atoms with E-state index in [2.05, 4.69) is 5.32 Å². The van der Waals surface area contributed by atoms with E-state index in [1.54, 1.807) is 12.1 Å². The third-order valence-corrected chi connectivity index (χ3v) is 3.71. The second kappa shape index (κ2) is 8.07. The molecule has 0 aliphatic carbocycles. The highest BCUT2D eigenvalue weighted by atomic mass is 19.1. The highest BCUT2D eigenvalue weighted by Gasteiger charge is 2.15. The molecule has 0 aromatic heterocycles. The Morgan fingerprint density at radius 2 is 1.50 bits per heavy atom. The largest absolute Gasteiger partial charge is 0.452 e. The van der Waals surface area contributed by atoms with Crippen molar-refractivity contribution in [3.05, 3.63) is 90.2 Å². The van der Waals surface area contributed by atoms with Gasteiger partial charge in [-0.1, -0.05) is 60.7 Å². The van der Waals surface area contributed by atoms with Crippen molar-refractivity contribution in [1.82, 2.24) is 0 Å². The summed E-state index contributed by atoms with van der Waals surface area (Å²) in [6.07, 6.45) is 0. The van der Waals surface area contributed by atoms with Gasteiger partial charge < -0.3 is 10.1 Å². The van der Waals surface area contributed by atoms with Crippen LogP contribution in [0.15, 0.2) is 78.9 Å². The number of para-hydroxylation sites is 1. The maximum atomic E-state index is 13.6. The Balaban J connectivity index is 1.66. The first-order valence-electron chi connectivity index (χ1n) is 8.01. The van der Waals surface area contributed by atoms with Gasteiger partial charge in [0.1, 0.15) is 5.82 Å². The van der Waals surface area contributed by atoms with E-state index in [0.29, 0.717) is 5.69 Å². The van der Waals surface area contributed by atoms with Crippen molar-refractivity contribution in [1.29, 1.82) is 0 Å². The fourth-order valence-corrected chi connectivity index (χ4v) is 2.48. The van der Waals surface area contributed by atoms with Crippen LogP contribution in [0, 0.1) is 5.82 Å². The lowest BCUT2D eigenvalue weighted by molar-refractivity contribution is -0.119. The van der Waals surface area contributed by atoms with Crippen molar-refractivity contribution in [3.63, 3.8) is 0 Å². The molecule has 0 heterocycles. The topological polar surface area (TPSA) is 55.4 Å². The average molecular weight is 349 g/mol. The fourth-order valence-electron chi connectivity index (χ4n) is 2.48. The molecule has 0 aliphatic heterocycles. The smallest absolute Gasteiger partial charge is 0.341 e. The lowest BCUT2D eigenvalue weighted by Crippen LogP contribution is -2.21. The molecule has 5 heteroatoms. The lowest BCUT2D eigenvalue weighted by atomic mass is 10.0. The Hall–Kier alpha value is -3.47. The third-order valence-electron chi connectivity index (χ3n) is 3.71. The van der Waals surface area contributed by atoms with Gasteiger partial charge in [-0.3, -0.25) is 4.79 Å². The Labute approximate surface area is 150 Å². The summed E-state index contributed by atoms with van der Waals surface area (Å²) < 4.78 is 18.4. The van der Waals surface area contributed by atoms with Crippen LogP contribution in [-0.4, -0.2) is 18.5 Å². The zero-order valence-corrected chi connectivity index (χ0v) is 13.8. The number of ether oxygens (including phenoxy) is 1. The first-order chi connectivity index (χ1) is 12.6. The number of hydrogen-bond donors (Lipinski definition) is 1. The van der Waals surface area contributed by atoms with Crippen LogP contribution in [0.25, 0.3) is 11.1 Å². The molecule has 26 heavy (non-hydrogen) atoms. The molecule has 0 unspecified atom stereocenters. The standard InChI is InChI=1S/C21H16FNO3/c22-18-12-6-4-11-17(18)21(25)26-14-20(24)23-19-13-7-5-10-16(19)15-8-2-1-3-9-15/h1-13H,14H2,(H,23,24). The summed E-state index contributed by atoms with van der Waals surface area (Å²) in [6, 6.07) is 22.4. The molecule has 0 atom stereocenters. The van der Waals surface area contributed by atoms with Crippen LogP contribution < -0.4 is 5.32 Å². The van der Waals surface area contributed by atoms with Gasteiger partial charge in [-0.25, -0.2) is 9.18 Å². The molecule has 0 bridgehead atoms. The Morgan fingerprint density at radius 1 is 0.846 bits per heavy atom. The summed E-state index contributed by atoms with van der Waals surface area (Å²) in [5, 5.41) is 2.72. The average Bonchev–Trinajstić information content (AvgIpc) is 2.67. The maximum absolute atomic E-state index is 13.6. The highest BCUT2D eigenvalue weighted by Crippen LogP contribution is 2.27. The molecule has 3 rings (SSSR count). The Kier molecular flexibility index (Phi) is 5.39. The van der Waals surface area contributed by atoms with E-state index in [1.807, 2.05) is 42.5 Å². The van der Waals surface area contributed by atoms with Crippen molar-refractivity contribution in [2.75, 3.05) is 11.9 Å². The van der Waals surface area contributed by atoms with Crippen molar-refractivity contribution in [2.45, 2.75) is 0 Å². The molecule has 0 spiro atoms. The number of anilines is 1. The number of rotatable bonds is 5. The molecule has 130 valence electrons. The van der Waals surface area contributed by atoms with Gasteiger partial charge in [-0.15, -0.1) is 0 Å². The van der Waals surface area contributed by atoms with E-state index in [9.17, 15) is 14.0 Å². The Bertz CT molecular complexity index is 925. The summed E-state index contributed by atoms with van der Waals surface area (Å²) in [5.74, 6) is -2.07. The minimum atomic E-state index is -0.880. The normalized spacial score (nSPS) is 10.2. The molecule has 0 aliphatic rings. The SMILES string of the molecule is O=C(COC(=O)c1ccccc1F)Nc1ccccc1-c1ccccc1. The van der Waals surface area contributed by atoms with Crippen LogP contribution in [0.4, 0.5) is 10.1 Å². The third kappa shape index (κ3) is 4.13. The van der Waals surface area contributed by atoms with Crippen LogP contribution in [0.5, 0.6) is 0 Å². The monoisotopic (exact) mass is 349 g/mol. The summed E-state index contributed by atoms with van der Waals surface area (Å²) in [6.45, 7) is -0.504. The predicted octanol–water partition coefficient (Wildman–Crippen LogP) is 4.29. The summed E-state index contributed by atoms with van der Waals surface area (Å²) in [5.41, 5.74) is 2.20. The van der Waals surface area contributed by atoms with Crippen molar-refractivity contribution in [2.24, 2.45) is 0 Å². The Morgan fingerprint density at radius 3 is 2.27 bits per heavy atom. The molecule has 0 saturated carbocycles. The second-order valence-corrected chi connectivity index (χ2v) is 5.52. The van der Waals surface area contributed by atoms with E-state index >= 15 is 0 Å². The molecule has 4 nitrogen and oxygen atoms in total. The van der Waals surface area contributed by atoms with E-state index in [4.69, 9.17) is 4.74 Å². The number of halogens is 1. The number of hydrogen-bond acceptors (Lipinski definition) is 3. The number of carbonyl (C=O) groups is 2. The number of esters is 1. The van der Waals surface area contributed by atoms with Gasteiger partial charge in [0.05, 0.1) is 5.56 Å². The van der Waals surface area contributed by atoms with E-state index in [0.717, 1.165) is 17.2 Å². The van der Waals surface area contributed by atoms with Gasteiger partial charge >= 0.3 is 5.97 Å². The minimum absolute atomic E-state index is 0.204. The number of benzene rings is 3. The first kappa shape index (κ1) is 17.4. The molecular formula is C21H16FNO3. The lowest BCUT2D eigenvalue weighted by Gasteiger charge is -2.11. The molecule has 1 amide bonds. The molecule has 0 radical (unpaired) electrons. The highest BCUT2D eigenvalue weighted by molar-refractivity contribution is 5.98. The van der Waals surface area contributed by atoms with Crippen molar-refractivity contribution < 1.29 is 18.7 Å². The summed E-state index contributed by atoms with van der Waals surface area (Å²) in [4.78, 5) is 24.0. The van der Waals surface area contributed by atoms with Gasteiger partial charge in [-0.2, -0.15) is 0 Å². The molecule has 0 saturated heterocycles. The minimum Gasteiger partial charge on any atom is -0.452 e. The molecular weight excluding hydrogens is 333 g/mol. The number of amides is 1. The summed E-state index contributed by atoms with van der Waals surface area (Å²) >= 11 is 0. The first-order valence-corrected chi connectivity index (χ1v) is 8.01. The fraction of sp³-hybridized carbons (Fsp3) is 0.0476. The van der Waals surface area contributed by atoms with Crippen molar-refractivity contribution >= 4 is 17.6 Å². The van der Waals surface area contributed by atoms with Crippen LogP contribution in [0.3, 0.4) is 0 Å². The quantitative estimate of drug-likeness (QED) is 0.699. The van der Waals surface area contributed by atoms with E-state index in [-0.39, 0.29) is 5.56 Å². The predicted molar refractivity (Wildman–Crippen MR) is 97.2 cm³/mol. The van der Waals surface area contributed by atoms with Crippen LogP contribution in [-0.2, 0) is 9.53 Å². The van der Waals surface area contributed by atoms with Gasteiger partial charge in [0.2, 0.25) is 0 Å². The molecule has 3 aromatic rings. The number of carbonyl (C=O) groups excluding carboxylic acids is 2. The zero-order chi connectivity index (χ0) is 18.4. The number of nitrogens with one attached hydrogen (secondary N) is 1. The van der Waals surface area contributed by atoms with Gasteiger partial charge in [0.25, 0.3) is 5.91 Å². The van der Waals surface area contributed by atoms with Crippen LogP contribution >= 0.6 is 0 Å². The molecule has 3 aromatic carbocycles. The molecule has 1 N–H and O–H groups in total.